The first-order valence-electron chi connectivity index (χ1n) is 6.41. The molecule has 0 bridgehead atoms. The van der Waals surface area contributed by atoms with E-state index in [2.05, 4.69) is 11.0 Å². The number of hydrogen-bond acceptors (Lipinski definition) is 4. The van der Waals surface area contributed by atoms with Crippen molar-refractivity contribution in [3.05, 3.63) is 48.0 Å². The zero-order valence-electron chi connectivity index (χ0n) is 12.1. The van der Waals surface area contributed by atoms with Gasteiger partial charge >= 0.3 is 0 Å². The number of anilines is 2. The van der Waals surface area contributed by atoms with Crippen LogP contribution in [0.3, 0.4) is 0 Å². The molecule has 2 aromatic rings. The van der Waals surface area contributed by atoms with Crippen LogP contribution in [0, 0.1) is 0 Å². The van der Waals surface area contributed by atoms with Gasteiger partial charge in [-0.2, -0.15) is 0 Å². The first kappa shape index (κ1) is 14.1. The molecule has 0 heterocycles. The maximum Gasteiger partial charge on any atom is 0.123 e. The summed E-state index contributed by atoms with van der Waals surface area (Å²) in [5, 5.41) is 0. The lowest BCUT2D eigenvalue weighted by Crippen LogP contribution is -2.17. The maximum absolute atomic E-state index is 5.89. The fourth-order valence-electron chi connectivity index (χ4n) is 2.12. The Morgan fingerprint density at radius 3 is 2.50 bits per heavy atom. The Kier molecular flexibility index (Phi) is 4.35. The van der Waals surface area contributed by atoms with Crippen molar-refractivity contribution in [2.75, 3.05) is 31.9 Å². The van der Waals surface area contributed by atoms with Gasteiger partial charge in [0, 0.05) is 42.7 Å². The van der Waals surface area contributed by atoms with E-state index >= 15 is 0 Å². The highest BCUT2D eigenvalue weighted by Crippen LogP contribution is 2.27. The lowest BCUT2D eigenvalue weighted by molar-refractivity contribution is 0.409. The Hall–Kier alpha value is -2.36. The molecule has 0 aliphatic carbocycles. The molecule has 0 aliphatic heterocycles. The van der Waals surface area contributed by atoms with Crippen LogP contribution in [0.4, 0.5) is 11.4 Å². The Labute approximate surface area is 119 Å². The van der Waals surface area contributed by atoms with Crippen LogP contribution >= 0.6 is 0 Å². The molecule has 0 saturated carbocycles. The second kappa shape index (κ2) is 6.19. The van der Waals surface area contributed by atoms with Crippen LogP contribution in [0.2, 0.25) is 0 Å². The highest BCUT2D eigenvalue weighted by Gasteiger charge is 2.08. The van der Waals surface area contributed by atoms with Crippen LogP contribution < -0.4 is 20.1 Å². The number of nitrogen functional groups attached to an aromatic ring is 1. The van der Waals surface area contributed by atoms with E-state index in [9.17, 15) is 0 Å². The summed E-state index contributed by atoms with van der Waals surface area (Å²) >= 11 is 0. The minimum absolute atomic E-state index is 0.686. The van der Waals surface area contributed by atoms with Crippen molar-refractivity contribution in [1.82, 2.24) is 0 Å². The molecular formula is C16H20N2O2. The Morgan fingerprint density at radius 1 is 1.05 bits per heavy atom. The van der Waals surface area contributed by atoms with Crippen LogP contribution in [0.5, 0.6) is 11.5 Å². The van der Waals surface area contributed by atoms with Gasteiger partial charge in [0.25, 0.3) is 0 Å². The van der Waals surface area contributed by atoms with Gasteiger partial charge in [-0.3, -0.25) is 0 Å². The number of hydrogen-bond donors (Lipinski definition) is 1. The standard InChI is InChI=1S/C16H20N2O2/c1-18(11-12-6-4-5-7-16(12)20-3)14-8-13(17)9-15(10-14)19-2/h4-10H,11,17H2,1-3H3. The Morgan fingerprint density at radius 2 is 1.80 bits per heavy atom. The quantitative estimate of drug-likeness (QED) is 0.850. The minimum atomic E-state index is 0.686. The van der Waals surface area contributed by atoms with Gasteiger partial charge in [-0.05, 0) is 12.1 Å². The van der Waals surface area contributed by atoms with Crippen molar-refractivity contribution in [2.24, 2.45) is 0 Å². The predicted octanol–water partition coefficient (Wildman–Crippen LogP) is 2.92. The molecule has 0 radical (unpaired) electrons. The fraction of sp³-hybridized carbons (Fsp3) is 0.250. The van der Waals surface area contributed by atoms with E-state index in [0.29, 0.717) is 5.69 Å². The molecule has 4 heteroatoms. The number of nitrogens with zero attached hydrogens (tertiary/aromatic N) is 1. The molecule has 2 N–H and O–H groups in total. The molecule has 2 aromatic carbocycles. The van der Waals surface area contributed by atoms with Crippen molar-refractivity contribution in [2.45, 2.75) is 6.54 Å². The van der Waals surface area contributed by atoms with E-state index in [1.165, 1.54) is 0 Å². The summed E-state index contributed by atoms with van der Waals surface area (Å²) in [5.41, 5.74) is 8.71. The maximum atomic E-state index is 5.89. The van der Waals surface area contributed by atoms with Crippen LogP contribution in [0.1, 0.15) is 5.56 Å². The van der Waals surface area contributed by atoms with Crippen molar-refractivity contribution in [3.63, 3.8) is 0 Å². The van der Waals surface area contributed by atoms with E-state index in [-0.39, 0.29) is 0 Å². The Bertz CT molecular complexity index is 584. The third-order valence-electron chi connectivity index (χ3n) is 3.19. The summed E-state index contributed by atoms with van der Waals surface area (Å²) < 4.78 is 10.6. The second-order valence-electron chi connectivity index (χ2n) is 4.63. The highest BCUT2D eigenvalue weighted by atomic mass is 16.5. The average molecular weight is 272 g/mol. The molecule has 2 rings (SSSR count). The van der Waals surface area contributed by atoms with Gasteiger partial charge < -0.3 is 20.1 Å². The smallest absolute Gasteiger partial charge is 0.123 e. The molecule has 4 nitrogen and oxygen atoms in total. The number of para-hydroxylation sites is 1. The normalized spacial score (nSPS) is 10.2. The monoisotopic (exact) mass is 272 g/mol. The summed E-state index contributed by atoms with van der Waals surface area (Å²) in [6, 6.07) is 13.7. The van der Waals surface area contributed by atoms with Gasteiger partial charge in [-0.25, -0.2) is 0 Å². The molecule has 0 unspecified atom stereocenters. The number of benzene rings is 2. The first-order chi connectivity index (χ1) is 9.63. The molecule has 0 saturated heterocycles. The van der Waals surface area contributed by atoms with Gasteiger partial charge in [0.05, 0.1) is 14.2 Å². The van der Waals surface area contributed by atoms with Gasteiger partial charge in [-0.15, -0.1) is 0 Å². The van der Waals surface area contributed by atoms with Gasteiger partial charge in [0.15, 0.2) is 0 Å². The lowest BCUT2D eigenvalue weighted by atomic mass is 10.1. The molecule has 20 heavy (non-hydrogen) atoms. The average Bonchev–Trinajstić information content (AvgIpc) is 2.47. The molecule has 0 fully saturated rings. The SMILES string of the molecule is COc1cc(N)cc(N(C)Cc2ccccc2OC)c1. The Balaban J connectivity index is 2.23. The van der Waals surface area contributed by atoms with Crippen molar-refractivity contribution < 1.29 is 9.47 Å². The highest BCUT2D eigenvalue weighted by molar-refractivity contribution is 5.60. The van der Waals surface area contributed by atoms with Crippen LogP contribution in [0.25, 0.3) is 0 Å². The largest absolute Gasteiger partial charge is 0.497 e. The summed E-state index contributed by atoms with van der Waals surface area (Å²) in [4.78, 5) is 2.11. The molecule has 0 spiro atoms. The van der Waals surface area contributed by atoms with Crippen LogP contribution in [-0.2, 0) is 6.54 Å². The van der Waals surface area contributed by atoms with E-state index < -0.39 is 0 Å². The van der Waals surface area contributed by atoms with Crippen molar-refractivity contribution in [3.8, 4) is 11.5 Å². The zero-order chi connectivity index (χ0) is 14.5. The minimum Gasteiger partial charge on any atom is -0.497 e. The van der Waals surface area contributed by atoms with E-state index in [1.54, 1.807) is 20.3 Å². The van der Waals surface area contributed by atoms with Gasteiger partial charge in [0.1, 0.15) is 11.5 Å². The summed E-state index contributed by atoms with van der Waals surface area (Å²) in [5.74, 6) is 1.64. The molecular weight excluding hydrogens is 252 g/mol. The molecule has 0 aromatic heterocycles. The summed E-state index contributed by atoms with van der Waals surface area (Å²) in [6.45, 7) is 0.733. The summed E-state index contributed by atoms with van der Waals surface area (Å²) in [6.07, 6.45) is 0. The fourth-order valence-corrected chi connectivity index (χ4v) is 2.12. The third-order valence-corrected chi connectivity index (χ3v) is 3.19. The molecule has 106 valence electrons. The predicted molar refractivity (Wildman–Crippen MR) is 82.5 cm³/mol. The zero-order valence-corrected chi connectivity index (χ0v) is 12.1. The third kappa shape index (κ3) is 3.15. The van der Waals surface area contributed by atoms with E-state index in [1.807, 2.05) is 37.4 Å². The number of nitrogens with two attached hydrogens (primary N) is 1. The van der Waals surface area contributed by atoms with Crippen LogP contribution in [-0.4, -0.2) is 21.3 Å². The summed E-state index contributed by atoms with van der Waals surface area (Å²) in [7, 11) is 5.34. The number of methoxy groups -OCH3 is 2. The van der Waals surface area contributed by atoms with Crippen molar-refractivity contribution >= 4 is 11.4 Å². The molecule has 0 atom stereocenters. The van der Waals surface area contributed by atoms with Gasteiger partial charge in [0.2, 0.25) is 0 Å². The van der Waals surface area contributed by atoms with E-state index in [4.69, 9.17) is 15.2 Å². The van der Waals surface area contributed by atoms with Crippen LogP contribution in [0.15, 0.2) is 42.5 Å². The lowest BCUT2D eigenvalue weighted by Gasteiger charge is -2.21. The topological polar surface area (TPSA) is 47.7 Å². The molecule has 0 aliphatic rings. The first-order valence-corrected chi connectivity index (χ1v) is 6.41. The second-order valence-corrected chi connectivity index (χ2v) is 4.63. The van der Waals surface area contributed by atoms with Gasteiger partial charge in [-0.1, -0.05) is 18.2 Å². The van der Waals surface area contributed by atoms with E-state index in [0.717, 1.165) is 29.3 Å². The number of ether oxygens (including phenoxy) is 2. The number of rotatable bonds is 5. The van der Waals surface area contributed by atoms with Crippen molar-refractivity contribution in [1.29, 1.82) is 0 Å². The molecule has 0 amide bonds.